The molecule has 2 aromatic heterocycles. The molecule has 0 aliphatic rings. The summed E-state index contributed by atoms with van der Waals surface area (Å²) in [5, 5.41) is 19.1. The van der Waals surface area contributed by atoms with Gasteiger partial charge in [-0.1, -0.05) is 35.9 Å². The second-order valence-corrected chi connectivity index (χ2v) is 9.00. The monoisotopic (exact) mass is 516 g/mol. The highest BCUT2D eigenvalue weighted by Gasteiger charge is 2.10. The van der Waals surface area contributed by atoms with Gasteiger partial charge in [0.25, 0.3) is 0 Å². The second kappa shape index (κ2) is 13.0. The average molecular weight is 517 g/mol. The molecule has 0 unspecified atom stereocenters. The Morgan fingerprint density at radius 3 is 2.76 bits per heavy atom. The summed E-state index contributed by atoms with van der Waals surface area (Å²) in [5.74, 6) is 0.235. The van der Waals surface area contributed by atoms with Gasteiger partial charge < -0.3 is 21.1 Å². The van der Waals surface area contributed by atoms with Crippen molar-refractivity contribution >= 4 is 45.0 Å². The summed E-state index contributed by atoms with van der Waals surface area (Å²) >= 11 is 6.38. The molecule has 4 aromatic rings. The maximum absolute atomic E-state index is 11.6. The fourth-order valence-electron chi connectivity index (χ4n) is 4.15. The fraction of sp³-hybridized carbons (Fsp3) is 0.286. The third-order valence-electron chi connectivity index (χ3n) is 6.06. The summed E-state index contributed by atoms with van der Waals surface area (Å²) in [6.07, 6.45) is 5.78. The van der Waals surface area contributed by atoms with Crippen LogP contribution in [0.15, 0.2) is 54.9 Å². The number of carbonyl (C=O) groups is 1. The summed E-state index contributed by atoms with van der Waals surface area (Å²) in [6, 6.07) is 15.1. The molecular formula is C28H29ClN6O2. The Labute approximate surface area is 220 Å². The van der Waals surface area contributed by atoms with E-state index < -0.39 is 5.91 Å². The van der Waals surface area contributed by atoms with Crippen molar-refractivity contribution in [3.63, 3.8) is 0 Å². The van der Waals surface area contributed by atoms with E-state index in [1.54, 1.807) is 24.5 Å². The number of benzene rings is 2. The van der Waals surface area contributed by atoms with Gasteiger partial charge in [0.2, 0.25) is 5.91 Å². The number of carbonyl (C=O) groups excluding carboxylic acids is 1. The Bertz CT molecular complexity index is 1440. The molecule has 0 saturated carbocycles. The lowest BCUT2D eigenvalue weighted by molar-refractivity contribution is 0.100. The van der Waals surface area contributed by atoms with Gasteiger partial charge in [0.15, 0.2) is 0 Å². The van der Waals surface area contributed by atoms with Crippen molar-refractivity contribution in [2.75, 3.05) is 31.6 Å². The van der Waals surface area contributed by atoms with Gasteiger partial charge in [-0.2, -0.15) is 5.26 Å². The predicted octanol–water partition coefficient (Wildman–Crippen LogP) is 4.60. The number of fused-ring (bicyclic) bond motifs is 3. The number of nitrogens with two attached hydrogens (primary N) is 1. The van der Waals surface area contributed by atoms with Crippen LogP contribution < -0.4 is 16.4 Å². The minimum absolute atomic E-state index is 0.319. The molecule has 4 rings (SSSR count). The molecule has 37 heavy (non-hydrogen) atoms. The van der Waals surface area contributed by atoms with Gasteiger partial charge in [-0.05, 0) is 48.7 Å². The minimum atomic E-state index is -0.485. The third-order valence-corrected chi connectivity index (χ3v) is 6.54. The normalized spacial score (nSPS) is 11.0. The standard InChI is InChI=1S/C28H29ClN6O2/c29-26-19(8-10-30)4-3-5-21(26)17-32-11-1-2-14-37-15-13-34-28-23-9-12-33-18-24(23)22-7-6-20(27(31)36)16-25(22)35-28/h3-7,9,12,16,18,32H,1-2,8,11,13-15,17H2,(H2,31,36)(H,34,35). The fourth-order valence-corrected chi connectivity index (χ4v) is 4.41. The van der Waals surface area contributed by atoms with E-state index >= 15 is 0 Å². The lowest BCUT2D eigenvalue weighted by Crippen LogP contribution is -2.16. The molecule has 0 aliphatic heterocycles. The van der Waals surface area contributed by atoms with Crippen LogP contribution in [0.5, 0.6) is 0 Å². The summed E-state index contributed by atoms with van der Waals surface area (Å²) in [6.45, 7) is 3.34. The maximum Gasteiger partial charge on any atom is 0.248 e. The zero-order valence-electron chi connectivity index (χ0n) is 20.5. The first-order chi connectivity index (χ1) is 18.1. The van der Waals surface area contributed by atoms with E-state index in [0.717, 1.165) is 52.5 Å². The van der Waals surface area contributed by atoms with Crippen molar-refractivity contribution < 1.29 is 9.53 Å². The molecule has 190 valence electrons. The average Bonchev–Trinajstić information content (AvgIpc) is 2.91. The molecule has 0 saturated heterocycles. The van der Waals surface area contributed by atoms with E-state index in [0.29, 0.717) is 48.8 Å². The Morgan fingerprint density at radius 2 is 1.92 bits per heavy atom. The number of halogens is 1. The molecule has 2 aromatic carbocycles. The first-order valence-corrected chi connectivity index (χ1v) is 12.6. The zero-order valence-corrected chi connectivity index (χ0v) is 21.2. The van der Waals surface area contributed by atoms with Crippen LogP contribution in [0, 0.1) is 11.3 Å². The van der Waals surface area contributed by atoms with Crippen LogP contribution in [0.1, 0.15) is 34.3 Å². The van der Waals surface area contributed by atoms with Gasteiger partial charge in [-0.15, -0.1) is 0 Å². The third kappa shape index (κ3) is 6.71. The van der Waals surface area contributed by atoms with Crippen LogP contribution in [0.25, 0.3) is 21.7 Å². The number of rotatable bonds is 13. The molecule has 0 bridgehead atoms. The van der Waals surface area contributed by atoms with Gasteiger partial charge in [0.05, 0.1) is 24.6 Å². The summed E-state index contributed by atoms with van der Waals surface area (Å²) in [4.78, 5) is 20.6. The number of nitrogens with zero attached hydrogens (tertiary/aromatic N) is 3. The first-order valence-electron chi connectivity index (χ1n) is 12.2. The Hall–Kier alpha value is -3.77. The molecule has 0 fully saturated rings. The Kier molecular flexibility index (Phi) is 9.22. The van der Waals surface area contributed by atoms with Crippen LogP contribution >= 0.6 is 11.6 Å². The number of aromatic nitrogens is 2. The molecule has 0 aliphatic carbocycles. The van der Waals surface area contributed by atoms with E-state index in [9.17, 15) is 4.79 Å². The van der Waals surface area contributed by atoms with Gasteiger partial charge in [0, 0.05) is 58.8 Å². The minimum Gasteiger partial charge on any atom is -0.380 e. The SMILES string of the molecule is N#CCc1cccc(CNCCCCOCCNc2nc3cc(C(N)=O)ccc3c3cnccc23)c1Cl. The lowest BCUT2D eigenvalue weighted by Gasteiger charge is -2.12. The topological polar surface area (TPSA) is 126 Å². The molecule has 0 radical (unpaired) electrons. The highest BCUT2D eigenvalue weighted by molar-refractivity contribution is 6.32. The molecule has 0 atom stereocenters. The van der Waals surface area contributed by atoms with E-state index in [1.165, 1.54) is 0 Å². The number of primary amides is 1. The summed E-state index contributed by atoms with van der Waals surface area (Å²) in [7, 11) is 0. The van der Waals surface area contributed by atoms with Crippen LogP contribution in [-0.2, 0) is 17.7 Å². The van der Waals surface area contributed by atoms with E-state index in [2.05, 4.69) is 21.7 Å². The zero-order chi connectivity index (χ0) is 26.0. The predicted molar refractivity (Wildman–Crippen MR) is 147 cm³/mol. The van der Waals surface area contributed by atoms with E-state index in [1.807, 2.05) is 30.3 Å². The highest BCUT2D eigenvalue weighted by Crippen LogP contribution is 2.29. The number of anilines is 1. The van der Waals surface area contributed by atoms with Crippen molar-refractivity contribution in [2.45, 2.75) is 25.8 Å². The number of ether oxygens (including phenoxy) is 1. The first kappa shape index (κ1) is 26.3. The summed E-state index contributed by atoms with van der Waals surface area (Å²) < 4.78 is 5.79. The lowest BCUT2D eigenvalue weighted by atomic mass is 10.1. The quantitative estimate of drug-likeness (QED) is 0.175. The highest BCUT2D eigenvalue weighted by atomic mass is 35.5. The van der Waals surface area contributed by atoms with Crippen LogP contribution in [0.3, 0.4) is 0 Å². The number of unbranched alkanes of at least 4 members (excludes halogenated alkanes) is 1. The number of nitrogens with one attached hydrogen (secondary N) is 2. The van der Waals surface area contributed by atoms with Crippen molar-refractivity contribution in [2.24, 2.45) is 5.73 Å². The van der Waals surface area contributed by atoms with Crippen molar-refractivity contribution in [1.82, 2.24) is 15.3 Å². The maximum atomic E-state index is 11.6. The molecule has 0 spiro atoms. The van der Waals surface area contributed by atoms with E-state index in [-0.39, 0.29) is 0 Å². The smallest absolute Gasteiger partial charge is 0.248 e. The number of amides is 1. The summed E-state index contributed by atoms with van der Waals surface area (Å²) in [5.41, 5.74) is 8.42. The molecular weight excluding hydrogens is 488 g/mol. The number of nitriles is 1. The Morgan fingerprint density at radius 1 is 1.05 bits per heavy atom. The molecule has 2 heterocycles. The van der Waals surface area contributed by atoms with Crippen molar-refractivity contribution in [1.29, 1.82) is 5.26 Å². The number of hydrogen-bond acceptors (Lipinski definition) is 7. The van der Waals surface area contributed by atoms with Gasteiger partial charge in [-0.3, -0.25) is 9.78 Å². The van der Waals surface area contributed by atoms with Crippen molar-refractivity contribution in [3.05, 3.63) is 76.6 Å². The van der Waals surface area contributed by atoms with Gasteiger partial charge in [-0.25, -0.2) is 4.98 Å². The molecule has 8 nitrogen and oxygen atoms in total. The van der Waals surface area contributed by atoms with Crippen LogP contribution in [0.4, 0.5) is 5.82 Å². The van der Waals surface area contributed by atoms with E-state index in [4.69, 9.17) is 32.3 Å². The molecule has 1 amide bonds. The number of pyridine rings is 2. The van der Waals surface area contributed by atoms with Crippen LogP contribution in [0.2, 0.25) is 5.02 Å². The van der Waals surface area contributed by atoms with Gasteiger partial charge in [0.1, 0.15) is 5.82 Å². The van der Waals surface area contributed by atoms with Crippen molar-refractivity contribution in [3.8, 4) is 6.07 Å². The van der Waals surface area contributed by atoms with Gasteiger partial charge >= 0.3 is 0 Å². The molecule has 4 N–H and O–H groups in total. The molecule has 9 heteroatoms. The number of hydrogen-bond donors (Lipinski definition) is 3. The second-order valence-electron chi connectivity index (χ2n) is 8.63. The largest absolute Gasteiger partial charge is 0.380 e. The van der Waals surface area contributed by atoms with Crippen LogP contribution in [-0.4, -0.2) is 42.2 Å². The Balaban J connectivity index is 1.20.